The van der Waals surface area contributed by atoms with Gasteiger partial charge in [-0.05, 0) is 54.2 Å². The van der Waals surface area contributed by atoms with Gasteiger partial charge in [0.2, 0.25) is 0 Å². The Balaban J connectivity index is 2.07. The van der Waals surface area contributed by atoms with Gasteiger partial charge in [-0.3, -0.25) is 0 Å². The maximum atomic E-state index is 13.7. The first-order valence-electron chi connectivity index (χ1n) is 6.80. The third-order valence-electron chi connectivity index (χ3n) is 3.41. The van der Waals surface area contributed by atoms with E-state index < -0.39 is 0 Å². The summed E-state index contributed by atoms with van der Waals surface area (Å²) < 4.78 is 18.6. The lowest BCUT2D eigenvalue weighted by Crippen LogP contribution is -2.13. The second kappa shape index (κ2) is 7.43. The van der Waals surface area contributed by atoms with Crippen LogP contribution in [0.3, 0.4) is 0 Å². The fraction of sp³-hybridized carbons (Fsp3) is 0.294. The van der Waals surface area contributed by atoms with E-state index in [1.165, 1.54) is 13.2 Å². The fourth-order valence-corrected chi connectivity index (χ4v) is 2.58. The number of methoxy groups -OCH3 is 1. The second-order valence-corrected chi connectivity index (χ2v) is 5.49. The summed E-state index contributed by atoms with van der Waals surface area (Å²) in [7, 11) is 1.44. The van der Waals surface area contributed by atoms with Crippen LogP contribution in [0, 0.1) is 11.7 Å². The van der Waals surface area contributed by atoms with E-state index in [9.17, 15) is 9.50 Å². The van der Waals surface area contributed by atoms with Crippen LogP contribution in [0.2, 0.25) is 5.02 Å². The first-order chi connectivity index (χ1) is 10.1. The van der Waals surface area contributed by atoms with Gasteiger partial charge in [-0.2, -0.15) is 0 Å². The first kappa shape index (κ1) is 15.8. The number of aliphatic hydroxyl groups excluding tert-OH is 1. The summed E-state index contributed by atoms with van der Waals surface area (Å²) in [5, 5.41) is 10.2. The smallest absolute Gasteiger partial charge is 0.165 e. The van der Waals surface area contributed by atoms with Crippen molar-refractivity contribution in [3.8, 4) is 5.75 Å². The normalized spacial score (nSPS) is 12.2. The van der Waals surface area contributed by atoms with Crippen molar-refractivity contribution in [3.05, 3.63) is 64.4 Å². The Bertz CT molecular complexity index is 601. The van der Waals surface area contributed by atoms with Gasteiger partial charge >= 0.3 is 0 Å². The summed E-state index contributed by atoms with van der Waals surface area (Å²) in [5.41, 5.74) is 1.91. The summed E-state index contributed by atoms with van der Waals surface area (Å²) in [6.45, 7) is 0.0418. The van der Waals surface area contributed by atoms with Gasteiger partial charge in [0.15, 0.2) is 11.6 Å². The van der Waals surface area contributed by atoms with E-state index in [-0.39, 0.29) is 24.1 Å². The van der Waals surface area contributed by atoms with Gasteiger partial charge in [0.25, 0.3) is 0 Å². The molecule has 0 fully saturated rings. The summed E-state index contributed by atoms with van der Waals surface area (Å²) >= 11 is 5.96. The van der Waals surface area contributed by atoms with Gasteiger partial charge in [0, 0.05) is 11.6 Å². The molecule has 0 aromatic heterocycles. The summed E-state index contributed by atoms with van der Waals surface area (Å²) in [6.07, 6.45) is 1.30. The number of hydrogen-bond acceptors (Lipinski definition) is 2. The van der Waals surface area contributed by atoms with Crippen molar-refractivity contribution >= 4 is 11.6 Å². The van der Waals surface area contributed by atoms with E-state index in [0.717, 1.165) is 11.1 Å². The molecule has 1 atom stereocenters. The van der Waals surface area contributed by atoms with Gasteiger partial charge in [0.05, 0.1) is 7.11 Å². The minimum Gasteiger partial charge on any atom is -0.494 e. The van der Waals surface area contributed by atoms with Gasteiger partial charge in [-0.25, -0.2) is 4.39 Å². The van der Waals surface area contributed by atoms with Crippen LogP contribution in [0.4, 0.5) is 4.39 Å². The zero-order valence-electron chi connectivity index (χ0n) is 11.9. The van der Waals surface area contributed by atoms with Crippen molar-refractivity contribution in [2.45, 2.75) is 12.8 Å². The number of rotatable bonds is 6. The molecular formula is C17H18ClFO2. The fourth-order valence-electron chi connectivity index (χ4n) is 2.37. The highest BCUT2D eigenvalue weighted by Gasteiger charge is 2.12. The van der Waals surface area contributed by atoms with E-state index in [2.05, 4.69) is 0 Å². The Labute approximate surface area is 129 Å². The molecule has 0 bridgehead atoms. The number of benzene rings is 2. The minimum absolute atomic E-state index is 0.0243. The van der Waals surface area contributed by atoms with Crippen LogP contribution in [-0.2, 0) is 12.8 Å². The molecule has 21 heavy (non-hydrogen) atoms. The van der Waals surface area contributed by atoms with Crippen molar-refractivity contribution in [2.24, 2.45) is 5.92 Å². The zero-order valence-corrected chi connectivity index (χ0v) is 12.6. The molecule has 2 aromatic rings. The van der Waals surface area contributed by atoms with Crippen LogP contribution >= 0.6 is 11.6 Å². The maximum Gasteiger partial charge on any atom is 0.165 e. The number of ether oxygens (including phenoxy) is 1. The molecule has 0 amide bonds. The summed E-state index contributed by atoms with van der Waals surface area (Å²) in [6, 6.07) is 12.5. The molecule has 0 saturated heterocycles. The molecule has 0 heterocycles. The molecule has 0 spiro atoms. The van der Waals surface area contributed by atoms with Crippen molar-refractivity contribution in [3.63, 3.8) is 0 Å². The predicted octanol–water partition coefficient (Wildman–Crippen LogP) is 3.88. The van der Waals surface area contributed by atoms with E-state index in [4.69, 9.17) is 16.3 Å². The molecule has 2 rings (SSSR count). The van der Waals surface area contributed by atoms with Crippen LogP contribution in [0.15, 0.2) is 42.5 Å². The Hall–Kier alpha value is -1.58. The van der Waals surface area contributed by atoms with Crippen molar-refractivity contribution in [1.29, 1.82) is 0 Å². The standard InChI is InChI=1S/C17H18ClFO2/c1-21-17-6-5-13(10-16(17)19)8-14(11-20)7-12-3-2-4-15(18)9-12/h2-6,9-10,14,20H,7-8,11H2,1H3. The SMILES string of the molecule is COc1ccc(CC(CO)Cc2cccc(Cl)c2)cc1F. The third kappa shape index (κ3) is 4.45. The maximum absolute atomic E-state index is 13.7. The van der Waals surface area contributed by atoms with Crippen LogP contribution in [0.1, 0.15) is 11.1 Å². The second-order valence-electron chi connectivity index (χ2n) is 5.06. The highest BCUT2D eigenvalue weighted by molar-refractivity contribution is 6.30. The van der Waals surface area contributed by atoms with Crippen molar-refractivity contribution in [2.75, 3.05) is 13.7 Å². The highest BCUT2D eigenvalue weighted by atomic mass is 35.5. The monoisotopic (exact) mass is 308 g/mol. The predicted molar refractivity (Wildman–Crippen MR) is 82.4 cm³/mol. The molecule has 0 aliphatic carbocycles. The molecule has 0 saturated carbocycles. The summed E-state index contributed by atoms with van der Waals surface area (Å²) in [4.78, 5) is 0. The quantitative estimate of drug-likeness (QED) is 0.877. The molecule has 112 valence electrons. The van der Waals surface area contributed by atoms with E-state index in [1.807, 2.05) is 30.3 Å². The summed E-state index contributed by atoms with van der Waals surface area (Å²) in [5.74, 6) is -0.125. The Kier molecular flexibility index (Phi) is 5.59. The van der Waals surface area contributed by atoms with Crippen molar-refractivity contribution < 1.29 is 14.2 Å². The molecule has 2 aromatic carbocycles. The molecule has 4 heteroatoms. The lowest BCUT2D eigenvalue weighted by Gasteiger charge is -2.15. The van der Waals surface area contributed by atoms with E-state index in [1.54, 1.807) is 6.07 Å². The van der Waals surface area contributed by atoms with E-state index in [0.29, 0.717) is 17.9 Å². The van der Waals surface area contributed by atoms with E-state index >= 15 is 0 Å². The first-order valence-corrected chi connectivity index (χ1v) is 7.18. The topological polar surface area (TPSA) is 29.5 Å². The average Bonchev–Trinajstić information content (AvgIpc) is 2.47. The largest absolute Gasteiger partial charge is 0.494 e. The van der Waals surface area contributed by atoms with Crippen LogP contribution in [-0.4, -0.2) is 18.8 Å². The average molecular weight is 309 g/mol. The third-order valence-corrected chi connectivity index (χ3v) is 3.65. The van der Waals surface area contributed by atoms with Gasteiger partial charge in [0.1, 0.15) is 0 Å². The van der Waals surface area contributed by atoms with Gasteiger partial charge in [-0.1, -0.05) is 29.8 Å². The lowest BCUT2D eigenvalue weighted by molar-refractivity contribution is 0.225. The Morgan fingerprint density at radius 3 is 2.43 bits per heavy atom. The molecule has 0 aliphatic rings. The molecule has 1 N–H and O–H groups in total. The molecular weight excluding hydrogens is 291 g/mol. The minimum atomic E-state index is -0.380. The Morgan fingerprint density at radius 2 is 1.86 bits per heavy atom. The molecule has 1 unspecified atom stereocenters. The van der Waals surface area contributed by atoms with Gasteiger partial charge in [-0.15, -0.1) is 0 Å². The number of aliphatic hydroxyl groups is 1. The van der Waals surface area contributed by atoms with Gasteiger partial charge < -0.3 is 9.84 Å². The van der Waals surface area contributed by atoms with Crippen LogP contribution in [0.5, 0.6) is 5.75 Å². The van der Waals surface area contributed by atoms with Crippen molar-refractivity contribution in [1.82, 2.24) is 0 Å². The molecule has 0 radical (unpaired) electrons. The van der Waals surface area contributed by atoms with Crippen LogP contribution < -0.4 is 4.74 Å². The molecule has 2 nitrogen and oxygen atoms in total. The zero-order chi connectivity index (χ0) is 15.2. The van der Waals surface area contributed by atoms with Crippen LogP contribution in [0.25, 0.3) is 0 Å². The Morgan fingerprint density at radius 1 is 1.14 bits per heavy atom. The lowest BCUT2D eigenvalue weighted by atomic mass is 9.93. The number of hydrogen-bond donors (Lipinski definition) is 1. The molecule has 0 aliphatic heterocycles. The number of halogens is 2. The highest BCUT2D eigenvalue weighted by Crippen LogP contribution is 2.21.